The molecule has 2 bridgehead atoms. The fraction of sp³-hybridized carbons (Fsp3) is 1.00. The maximum Gasteiger partial charge on any atom is 0.0476 e. The van der Waals surface area contributed by atoms with Crippen molar-refractivity contribution >= 4 is 0 Å². The number of nitrogens with one attached hydrogen (secondary N) is 1. The smallest absolute Gasteiger partial charge is 0.0476 e. The van der Waals surface area contributed by atoms with Gasteiger partial charge in [-0.2, -0.15) is 0 Å². The van der Waals surface area contributed by atoms with E-state index in [1.807, 2.05) is 0 Å². The number of fused-ring (bicyclic) bond motifs is 2. The number of ether oxygens (including phenoxy) is 1. The summed E-state index contributed by atoms with van der Waals surface area (Å²) in [5, 5.41) is 3.90. The highest BCUT2D eigenvalue weighted by molar-refractivity contribution is 5.12. The summed E-state index contributed by atoms with van der Waals surface area (Å²) in [7, 11) is 1.79. The molecule has 2 heteroatoms. The Balaban J connectivity index is 2.00. The van der Waals surface area contributed by atoms with Crippen molar-refractivity contribution in [1.29, 1.82) is 0 Å². The zero-order valence-electron chi connectivity index (χ0n) is 12.2. The Hall–Kier alpha value is -0.0800. The van der Waals surface area contributed by atoms with E-state index in [9.17, 15) is 0 Å². The minimum atomic E-state index is 0.467. The van der Waals surface area contributed by atoms with Crippen molar-refractivity contribution in [3.05, 3.63) is 0 Å². The number of hydrogen-bond donors (Lipinski definition) is 1. The van der Waals surface area contributed by atoms with Crippen molar-refractivity contribution in [2.45, 2.75) is 65.5 Å². The molecule has 2 fully saturated rings. The second kappa shape index (κ2) is 4.55. The second-order valence-corrected chi connectivity index (χ2v) is 7.20. The largest absolute Gasteiger partial charge is 0.385 e. The molecule has 0 aromatic heterocycles. The van der Waals surface area contributed by atoms with Crippen LogP contribution in [-0.2, 0) is 4.74 Å². The van der Waals surface area contributed by atoms with E-state index >= 15 is 0 Å². The normalized spacial score (nSPS) is 40.8. The van der Waals surface area contributed by atoms with Gasteiger partial charge >= 0.3 is 0 Å². The molecule has 0 aromatic carbocycles. The first-order chi connectivity index (χ1) is 7.90. The molecule has 0 aliphatic heterocycles. The lowest BCUT2D eigenvalue weighted by Gasteiger charge is -2.44. The quantitative estimate of drug-likeness (QED) is 0.795. The highest BCUT2D eigenvalue weighted by atomic mass is 16.5. The fourth-order valence-electron chi connectivity index (χ4n) is 4.38. The molecule has 0 spiro atoms. The summed E-state index contributed by atoms with van der Waals surface area (Å²) in [6.07, 6.45) is 5.39. The van der Waals surface area contributed by atoms with Gasteiger partial charge < -0.3 is 10.1 Å². The molecule has 2 unspecified atom stereocenters. The van der Waals surface area contributed by atoms with Crippen LogP contribution in [0.5, 0.6) is 0 Å². The third-order valence-corrected chi connectivity index (χ3v) is 5.48. The predicted molar refractivity (Wildman–Crippen MR) is 72.1 cm³/mol. The first-order valence-corrected chi connectivity index (χ1v) is 7.15. The van der Waals surface area contributed by atoms with Gasteiger partial charge in [-0.1, -0.05) is 20.8 Å². The van der Waals surface area contributed by atoms with Crippen LogP contribution in [0, 0.1) is 16.7 Å². The van der Waals surface area contributed by atoms with Crippen molar-refractivity contribution in [3.63, 3.8) is 0 Å². The van der Waals surface area contributed by atoms with Crippen LogP contribution in [0.3, 0.4) is 0 Å². The monoisotopic (exact) mass is 239 g/mol. The molecule has 4 atom stereocenters. The molecule has 2 saturated carbocycles. The van der Waals surface area contributed by atoms with E-state index in [4.69, 9.17) is 4.74 Å². The van der Waals surface area contributed by atoms with Gasteiger partial charge in [0.05, 0.1) is 0 Å². The van der Waals surface area contributed by atoms with Gasteiger partial charge in [-0.15, -0.1) is 0 Å². The summed E-state index contributed by atoms with van der Waals surface area (Å²) in [6.45, 7) is 10.6. The molecule has 2 nitrogen and oxygen atoms in total. The van der Waals surface area contributed by atoms with Crippen LogP contribution in [0.25, 0.3) is 0 Å². The van der Waals surface area contributed by atoms with Crippen molar-refractivity contribution in [3.8, 4) is 0 Å². The SMILES string of the molecule is COCCC(C)NC1C(C)(C)[C@H]2CC[C@]1(C)C2. The molecule has 2 aliphatic carbocycles. The van der Waals surface area contributed by atoms with E-state index in [-0.39, 0.29) is 0 Å². The molecule has 100 valence electrons. The third kappa shape index (κ3) is 2.26. The Morgan fingerprint density at radius 1 is 1.35 bits per heavy atom. The molecule has 0 saturated heterocycles. The van der Waals surface area contributed by atoms with Gasteiger partial charge in [-0.05, 0) is 49.4 Å². The highest BCUT2D eigenvalue weighted by Gasteiger charge is 2.59. The Morgan fingerprint density at radius 2 is 2.06 bits per heavy atom. The molecule has 1 N–H and O–H groups in total. The summed E-state index contributed by atoms with van der Waals surface area (Å²) >= 11 is 0. The number of methoxy groups -OCH3 is 1. The second-order valence-electron chi connectivity index (χ2n) is 7.20. The van der Waals surface area contributed by atoms with Gasteiger partial charge in [0.1, 0.15) is 0 Å². The summed E-state index contributed by atoms with van der Waals surface area (Å²) in [5.74, 6) is 0.930. The molecule has 0 amide bonds. The minimum absolute atomic E-state index is 0.467. The van der Waals surface area contributed by atoms with Gasteiger partial charge in [0.25, 0.3) is 0 Å². The Kier molecular flexibility index (Phi) is 3.57. The van der Waals surface area contributed by atoms with E-state index < -0.39 is 0 Å². The fourth-order valence-corrected chi connectivity index (χ4v) is 4.38. The van der Waals surface area contributed by atoms with Gasteiger partial charge in [-0.3, -0.25) is 0 Å². The molecule has 0 radical (unpaired) electrons. The van der Waals surface area contributed by atoms with Gasteiger partial charge in [0.15, 0.2) is 0 Å². The van der Waals surface area contributed by atoms with E-state index in [0.717, 1.165) is 18.9 Å². The lowest BCUT2D eigenvalue weighted by atomic mass is 9.68. The van der Waals surface area contributed by atoms with E-state index in [1.165, 1.54) is 19.3 Å². The zero-order chi connectivity index (χ0) is 12.7. The van der Waals surface area contributed by atoms with Crippen molar-refractivity contribution in [1.82, 2.24) is 5.32 Å². The Labute approximate surface area is 107 Å². The van der Waals surface area contributed by atoms with Crippen LogP contribution in [0.2, 0.25) is 0 Å². The first-order valence-electron chi connectivity index (χ1n) is 7.15. The zero-order valence-corrected chi connectivity index (χ0v) is 12.2. The maximum absolute atomic E-state index is 5.18. The highest BCUT2D eigenvalue weighted by Crippen LogP contribution is 2.62. The summed E-state index contributed by atoms with van der Waals surface area (Å²) in [6, 6.07) is 1.25. The number of hydrogen-bond acceptors (Lipinski definition) is 2. The minimum Gasteiger partial charge on any atom is -0.385 e. The van der Waals surface area contributed by atoms with Crippen LogP contribution in [0.4, 0.5) is 0 Å². The third-order valence-electron chi connectivity index (χ3n) is 5.48. The Morgan fingerprint density at radius 3 is 2.59 bits per heavy atom. The molecular weight excluding hydrogens is 210 g/mol. The van der Waals surface area contributed by atoms with Crippen molar-refractivity contribution in [2.75, 3.05) is 13.7 Å². The number of rotatable bonds is 5. The first kappa shape index (κ1) is 13.4. The maximum atomic E-state index is 5.18. The Bertz CT molecular complexity index is 271. The molecule has 0 heterocycles. The average Bonchev–Trinajstić information content (AvgIpc) is 2.73. The standard InChI is InChI=1S/C15H29NO/c1-11(7-9-17-5)16-13-14(2,3)12-6-8-15(13,4)10-12/h11-13,16H,6-10H2,1-5H3/t11?,12-,13?,15+/m0/s1. The average molecular weight is 239 g/mol. The van der Waals surface area contributed by atoms with Crippen LogP contribution >= 0.6 is 0 Å². The van der Waals surface area contributed by atoms with E-state index in [1.54, 1.807) is 7.11 Å². The van der Waals surface area contributed by atoms with Gasteiger partial charge in [0.2, 0.25) is 0 Å². The van der Waals surface area contributed by atoms with Crippen LogP contribution in [0.15, 0.2) is 0 Å². The lowest BCUT2D eigenvalue weighted by Crippen LogP contribution is -2.53. The lowest BCUT2D eigenvalue weighted by molar-refractivity contribution is 0.0932. The summed E-state index contributed by atoms with van der Waals surface area (Å²) in [4.78, 5) is 0. The molecule has 2 aliphatic rings. The van der Waals surface area contributed by atoms with E-state index in [0.29, 0.717) is 22.9 Å². The van der Waals surface area contributed by atoms with Gasteiger partial charge in [-0.25, -0.2) is 0 Å². The van der Waals surface area contributed by atoms with Crippen LogP contribution in [0.1, 0.15) is 53.4 Å². The summed E-state index contributed by atoms with van der Waals surface area (Å²) in [5.41, 5.74) is 1.00. The van der Waals surface area contributed by atoms with Crippen molar-refractivity contribution < 1.29 is 4.74 Å². The molecule has 0 aromatic rings. The van der Waals surface area contributed by atoms with E-state index in [2.05, 4.69) is 33.0 Å². The summed E-state index contributed by atoms with van der Waals surface area (Å²) < 4.78 is 5.18. The van der Waals surface area contributed by atoms with Gasteiger partial charge in [0, 0.05) is 25.8 Å². The molecule has 17 heavy (non-hydrogen) atoms. The predicted octanol–water partition coefficient (Wildman–Crippen LogP) is 3.22. The van der Waals surface area contributed by atoms with Crippen LogP contribution in [-0.4, -0.2) is 25.8 Å². The topological polar surface area (TPSA) is 21.3 Å². The molecular formula is C15H29NO. The molecule has 2 rings (SSSR count). The van der Waals surface area contributed by atoms with Crippen LogP contribution < -0.4 is 5.32 Å². The van der Waals surface area contributed by atoms with Crippen molar-refractivity contribution in [2.24, 2.45) is 16.7 Å².